The topological polar surface area (TPSA) is 29.9 Å². The Morgan fingerprint density at radius 1 is 1.47 bits per heavy atom. The lowest BCUT2D eigenvalue weighted by Crippen LogP contribution is -2.45. The van der Waals surface area contributed by atoms with Crippen molar-refractivity contribution < 1.29 is 0 Å². The second-order valence-electron chi connectivity index (χ2n) is 4.60. The molecule has 0 aliphatic heterocycles. The summed E-state index contributed by atoms with van der Waals surface area (Å²) in [6.07, 6.45) is 7.25. The largest absolute Gasteiger partial charge is 0.350 e. The fourth-order valence-corrected chi connectivity index (χ4v) is 2.30. The van der Waals surface area contributed by atoms with Gasteiger partial charge in [-0.1, -0.05) is 6.92 Å². The summed E-state index contributed by atoms with van der Waals surface area (Å²) < 4.78 is 2.20. The van der Waals surface area contributed by atoms with Gasteiger partial charge in [0.05, 0.1) is 5.69 Å². The van der Waals surface area contributed by atoms with Crippen molar-refractivity contribution in [3.05, 3.63) is 11.9 Å². The van der Waals surface area contributed by atoms with Crippen molar-refractivity contribution in [3.8, 4) is 0 Å². The van der Waals surface area contributed by atoms with E-state index in [1.807, 2.05) is 0 Å². The number of nitrogens with zero attached hydrogens (tertiary/aromatic N) is 2. The minimum atomic E-state index is 0.338. The van der Waals surface area contributed by atoms with Crippen molar-refractivity contribution in [1.82, 2.24) is 9.55 Å². The summed E-state index contributed by atoms with van der Waals surface area (Å²) in [5, 5.41) is 3.63. The van der Waals surface area contributed by atoms with Crippen LogP contribution < -0.4 is 5.32 Å². The zero-order chi connectivity index (χ0) is 10.9. The van der Waals surface area contributed by atoms with Crippen LogP contribution in [0.5, 0.6) is 0 Å². The molecule has 0 radical (unpaired) electrons. The summed E-state index contributed by atoms with van der Waals surface area (Å²) >= 11 is 0. The van der Waals surface area contributed by atoms with Crippen molar-refractivity contribution in [2.45, 2.75) is 58.5 Å². The molecule has 0 bridgehead atoms. The quantitative estimate of drug-likeness (QED) is 0.822. The van der Waals surface area contributed by atoms with E-state index >= 15 is 0 Å². The summed E-state index contributed by atoms with van der Waals surface area (Å²) in [5.41, 5.74) is 1.44. The fraction of sp³-hybridized carbons (Fsp3) is 0.750. The molecule has 1 saturated carbocycles. The van der Waals surface area contributed by atoms with Crippen LogP contribution in [-0.4, -0.2) is 15.1 Å². The molecule has 2 rings (SSSR count). The van der Waals surface area contributed by atoms with Crippen LogP contribution in [0.2, 0.25) is 0 Å². The zero-order valence-electron chi connectivity index (χ0n) is 10.0. The summed E-state index contributed by atoms with van der Waals surface area (Å²) in [7, 11) is 0. The summed E-state index contributed by atoms with van der Waals surface area (Å²) in [4.78, 5) is 4.55. The number of anilines is 1. The highest BCUT2D eigenvalue weighted by atomic mass is 15.2. The van der Waals surface area contributed by atoms with Crippen LogP contribution >= 0.6 is 0 Å². The summed E-state index contributed by atoms with van der Waals surface area (Å²) in [5.74, 6) is 1.05. The number of aromatic nitrogens is 2. The molecule has 0 atom stereocenters. The van der Waals surface area contributed by atoms with Gasteiger partial charge in [-0.25, -0.2) is 4.98 Å². The van der Waals surface area contributed by atoms with E-state index in [9.17, 15) is 0 Å². The first kappa shape index (κ1) is 10.5. The maximum Gasteiger partial charge on any atom is 0.203 e. The molecular formula is C12H21N3. The van der Waals surface area contributed by atoms with Gasteiger partial charge in [-0.15, -0.1) is 0 Å². The Labute approximate surface area is 91.9 Å². The second-order valence-corrected chi connectivity index (χ2v) is 4.60. The van der Waals surface area contributed by atoms with E-state index in [-0.39, 0.29) is 0 Å². The highest BCUT2D eigenvalue weighted by molar-refractivity contribution is 5.34. The second kappa shape index (κ2) is 3.87. The lowest BCUT2D eigenvalue weighted by atomic mass is 9.75. The van der Waals surface area contributed by atoms with Gasteiger partial charge in [0.2, 0.25) is 5.95 Å². The maximum absolute atomic E-state index is 4.55. The lowest BCUT2D eigenvalue weighted by molar-refractivity contribution is 0.267. The van der Waals surface area contributed by atoms with Gasteiger partial charge in [-0.3, -0.25) is 0 Å². The third kappa shape index (κ3) is 1.87. The molecule has 1 aromatic heterocycles. The molecule has 0 unspecified atom stereocenters. The molecule has 1 N–H and O–H groups in total. The maximum atomic E-state index is 4.55. The molecule has 84 valence electrons. The number of imidazole rings is 1. The number of nitrogens with one attached hydrogen (secondary N) is 1. The van der Waals surface area contributed by atoms with E-state index in [1.165, 1.54) is 25.7 Å². The Kier molecular flexibility index (Phi) is 2.72. The van der Waals surface area contributed by atoms with Crippen molar-refractivity contribution in [1.29, 1.82) is 0 Å². The monoisotopic (exact) mass is 207 g/mol. The fourth-order valence-electron chi connectivity index (χ4n) is 2.30. The smallest absolute Gasteiger partial charge is 0.203 e. The first-order chi connectivity index (χ1) is 7.19. The Morgan fingerprint density at radius 2 is 2.20 bits per heavy atom. The predicted molar refractivity (Wildman–Crippen MR) is 63.1 cm³/mol. The van der Waals surface area contributed by atoms with Crippen molar-refractivity contribution in [2.75, 3.05) is 5.32 Å². The van der Waals surface area contributed by atoms with E-state index in [1.54, 1.807) is 0 Å². The molecular weight excluding hydrogens is 186 g/mol. The van der Waals surface area contributed by atoms with Gasteiger partial charge in [0.1, 0.15) is 0 Å². The van der Waals surface area contributed by atoms with Gasteiger partial charge in [-0.2, -0.15) is 0 Å². The van der Waals surface area contributed by atoms with Gasteiger partial charge in [0.15, 0.2) is 0 Å². The first-order valence-electron chi connectivity index (χ1n) is 6.01. The molecule has 1 heterocycles. The number of aryl methyl sites for hydroxylation is 2. The van der Waals surface area contributed by atoms with Gasteiger partial charge < -0.3 is 9.88 Å². The number of hydrogen-bond donors (Lipinski definition) is 1. The molecule has 15 heavy (non-hydrogen) atoms. The molecule has 0 saturated heterocycles. The molecule has 0 aromatic carbocycles. The van der Waals surface area contributed by atoms with E-state index in [2.05, 4.69) is 41.8 Å². The highest BCUT2D eigenvalue weighted by Gasteiger charge is 2.35. The average molecular weight is 207 g/mol. The molecule has 0 spiro atoms. The molecule has 1 aliphatic carbocycles. The summed E-state index contributed by atoms with van der Waals surface area (Å²) in [6, 6.07) is 0. The third-order valence-electron chi connectivity index (χ3n) is 3.60. The predicted octanol–water partition coefficient (Wildman–Crippen LogP) is 2.96. The standard InChI is InChI=1S/C12H21N3/c1-4-12(7-6-8-12)14-11-13-10(3)9-15(11)5-2/h9H,4-8H2,1-3H3,(H,13,14). The van der Waals surface area contributed by atoms with Crippen LogP contribution in [0.1, 0.15) is 45.2 Å². The molecule has 3 nitrogen and oxygen atoms in total. The SMILES string of the molecule is CCn1cc(C)nc1NC1(CC)CCC1. The molecule has 1 aliphatic rings. The third-order valence-corrected chi connectivity index (χ3v) is 3.60. The van der Waals surface area contributed by atoms with Crippen LogP contribution in [0.3, 0.4) is 0 Å². The minimum Gasteiger partial charge on any atom is -0.350 e. The Hall–Kier alpha value is -0.990. The van der Waals surface area contributed by atoms with Gasteiger partial charge in [0.25, 0.3) is 0 Å². The molecule has 0 amide bonds. The van der Waals surface area contributed by atoms with E-state index < -0.39 is 0 Å². The minimum absolute atomic E-state index is 0.338. The average Bonchev–Trinajstić information content (AvgIpc) is 2.52. The molecule has 1 fully saturated rings. The van der Waals surface area contributed by atoms with Gasteiger partial charge in [-0.05, 0) is 39.5 Å². The van der Waals surface area contributed by atoms with E-state index in [0.717, 1.165) is 18.2 Å². The number of hydrogen-bond acceptors (Lipinski definition) is 2. The van der Waals surface area contributed by atoms with Crippen molar-refractivity contribution in [2.24, 2.45) is 0 Å². The Bertz CT molecular complexity index is 331. The first-order valence-corrected chi connectivity index (χ1v) is 6.01. The van der Waals surface area contributed by atoms with Crippen LogP contribution in [0.4, 0.5) is 5.95 Å². The molecule has 1 aromatic rings. The van der Waals surface area contributed by atoms with Crippen LogP contribution in [0.15, 0.2) is 6.20 Å². The summed E-state index contributed by atoms with van der Waals surface area (Å²) in [6.45, 7) is 7.46. The van der Waals surface area contributed by atoms with Crippen molar-refractivity contribution >= 4 is 5.95 Å². The van der Waals surface area contributed by atoms with Crippen molar-refractivity contribution in [3.63, 3.8) is 0 Å². The Morgan fingerprint density at radius 3 is 2.67 bits per heavy atom. The van der Waals surface area contributed by atoms with Crippen LogP contribution in [0.25, 0.3) is 0 Å². The lowest BCUT2D eigenvalue weighted by Gasteiger charge is -2.42. The Balaban J connectivity index is 2.15. The highest BCUT2D eigenvalue weighted by Crippen LogP contribution is 2.37. The number of rotatable bonds is 4. The normalized spacial score (nSPS) is 18.6. The van der Waals surface area contributed by atoms with Crippen LogP contribution in [-0.2, 0) is 6.54 Å². The van der Waals surface area contributed by atoms with E-state index in [0.29, 0.717) is 5.54 Å². The van der Waals surface area contributed by atoms with Gasteiger partial charge >= 0.3 is 0 Å². The zero-order valence-corrected chi connectivity index (χ0v) is 10.0. The van der Waals surface area contributed by atoms with E-state index in [4.69, 9.17) is 0 Å². The molecule has 3 heteroatoms. The van der Waals surface area contributed by atoms with Crippen LogP contribution in [0, 0.1) is 6.92 Å². The van der Waals surface area contributed by atoms with Gasteiger partial charge in [0, 0.05) is 18.3 Å².